The molecule has 2 aromatic heterocycles. The van der Waals surface area contributed by atoms with Crippen molar-refractivity contribution in [2.75, 3.05) is 18.1 Å². The number of hydrogen-bond donors (Lipinski definition) is 0. The van der Waals surface area contributed by atoms with Crippen LogP contribution in [0.5, 0.6) is 0 Å². The Labute approximate surface area is 148 Å². The van der Waals surface area contributed by atoms with Crippen molar-refractivity contribution in [1.29, 1.82) is 0 Å². The van der Waals surface area contributed by atoms with Gasteiger partial charge >= 0.3 is 12.1 Å². The van der Waals surface area contributed by atoms with Crippen LogP contribution < -0.4 is 4.90 Å². The van der Waals surface area contributed by atoms with Gasteiger partial charge in [-0.25, -0.2) is 9.78 Å². The van der Waals surface area contributed by atoms with Gasteiger partial charge in [-0.05, 0) is 55.8 Å². The SMILES string of the molecule is CCOC(=O)CN(C(=O)OC(C)(C)C)c1ccc2ncc(Br)n2c1. The molecule has 130 valence electrons. The number of carbonyl (C=O) groups is 2. The van der Waals surface area contributed by atoms with Crippen LogP contribution in [0.4, 0.5) is 10.5 Å². The average molecular weight is 398 g/mol. The van der Waals surface area contributed by atoms with Crippen LogP contribution >= 0.6 is 15.9 Å². The molecule has 0 aliphatic rings. The van der Waals surface area contributed by atoms with Crippen LogP contribution in [0.1, 0.15) is 27.7 Å². The summed E-state index contributed by atoms with van der Waals surface area (Å²) >= 11 is 3.39. The number of rotatable bonds is 4. The van der Waals surface area contributed by atoms with E-state index in [1.807, 2.05) is 0 Å². The largest absolute Gasteiger partial charge is 0.465 e. The molecular weight excluding hydrogens is 378 g/mol. The molecule has 0 aliphatic carbocycles. The first kappa shape index (κ1) is 18.3. The number of halogens is 1. The second-order valence-electron chi connectivity index (χ2n) is 6.07. The number of esters is 1. The Balaban J connectivity index is 2.36. The Hall–Kier alpha value is -2.09. The summed E-state index contributed by atoms with van der Waals surface area (Å²) in [5, 5.41) is 0. The van der Waals surface area contributed by atoms with Crippen LogP contribution in [-0.2, 0) is 14.3 Å². The van der Waals surface area contributed by atoms with Gasteiger partial charge in [-0.2, -0.15) is 0 Å². The molecule has 0 aromatic carbocycles. The minimum Gasteiger partial charge on any atom is -0.465 e. The summed E-state index contributed by atoms with van der Waals surface area (Å²) in [5.74, 6) is -0.506. The lowest BCUT2D eigenvalue weighted by atomic mass is 10.2. The highest BCUT2D eigenvalue weighted by molar-refractivity contribution is 9.10. The molecular formula is C16H20BrN3O4. The van der Waals surface area contributed by atoms with Gasteiger partial charge in [-0.3, -0.25) is 14.1 Å². The second kappa shape index (κ2) is 7.21. The van der Waals surface area contributed by atoms with Crippen molar-refractivity contribution in [2.45, 2.75) is 33.3 Å². The number of nitrogens with zero attached hydrogens (tertiary/aromatic N) is 3. The minimum absolute atomic E-state index is 0.236. The molecule has 1 amide bonds. The molecule has 0 radical (unpaired) electrons. The van der Waals surface area contributed by atoms with Crippen LogP contribution in [-0.4, -0.2) is 40.2 Å². The number of hydrogen-bond acceptors (Lipinski definition) is 5. The molecule has 2 aromatic rings. The summed E-state index contributed by atoms with van der Waals surface area (Å²) in [5.41, 5.74) is 0.540. The van der Waals surface area contributed by atoms with Gasteiger partial charge in [0.25, 0.3) is 0 Å². The third-order valence-electron chi connectivity index (χ3n) is 2.96. The van der Waals surface area contributed by atoms with Crippen LogP contribution in [0.2, 0.25) is 0 Å². The summed E-state index contributed by atoms with van der Waals surface area (Å²) in [7, 11) is 0. The molecule has 0 saturated heterocycles. The van der Waals surface area contributed by atoms with Gasteiger partial charge < -0.3 is 9.47 Å². The lowest BCUT2D eigenvalue weighted by molar-refractivity contribution is -0.141. The van der Waals surface area contributed by atoms with Crippen LogP contribution in [0.25, 0.3) is 5.65 Å². The number of aromatic nitrogens is 2. The zero-order valence-electron chi connectivity index (χ0n) is 14.1. The highest BCUT2D eigenvalue weighted by Gasteiger charge is 2.26. The molecule has 0 fully saturated rings. The summed E-state index contributed by atoms with van der Waals surface area (Å²) in [6.45, 7) is 7.02. The molecule has 2 heterocycles. The summed E-state index contributed by atoms with van der Waals surface area (Å²) in [6.07, 6.45) is 2.74. The molecule has 2 rings (SSSR count). The summed E-state index contributed by atoms with van der Waals surface area (Å²) in [6, 6.07) is 3.46. The predicted octanol–water partition coefficient (Wildman–Crippen LogP) is 3.40. The second-order valence-corrected chi connectivity index (χ2v) is 6.88. The first-order valence-electron chi connectivity index (χ1n) is 7.50. The Bertz CT molecular complexity index is 751. The van der Waals surface area contributed by atoms with E-state index in [2.05, 4.69) is 20.9 Å². The van der Waals surface area contributed by atoms with Crippen molar-refractivity contribution < 1.29 is 19.1 Å². The average Bonchev–Trinajstić information content (AvgIpc) is 2.84. The molecule has 7 nitrogen and oxygen atoms in total. The maximum absolute atomic E-state index is 12.5. The third-order valence-corrected chi connectivity index (χ3v) is 3.55. The smallest absolute Gasteiger partial charge is 0.415 e. The van der Waals surface area contributed by atoms with Crippen LogP contribution in [0.3, 0.4) is 0 Å². The lowest BCUT2D eigenvalue weighted by Crippen LogP contribution is -2.40. The zero-order valence-corrected chi connectivity index (χ0v) is 15.7. The van der Waals surface area contributed by atoms with Gasteiger partial charge in [0.1, 0.15) is 22.4 Å². The van der Waals surface area contributed by atoms with E-state index in [0.29, 0.717) is 11.3 Å². The minimum atomic E-state index is -0.677. The Morgan fingerprint density at radius 2 is 2.04 bits per heavy atom. The third kappa shape index (κ3) is 4.47. The fraction of sp³-hybridized carbons (Fsp3) is 0.438. The first-order chi connectivity index (χ1) is 11.2. The summed E-state index contributed by atoms with van der Waals surface area (Å²) < 4.78 is 12.9. The zero-order chi connectivity index (χ0) is 17.9. The van der Waals surface area contributed by atoms with Gasteiger partial charge in [0.2, 0.25) is 0 Å². The highest BCUT2D eigenvalue weighted by Crippen LogP contribution is 2.22. The van der Waals surface area contributed by atoms with E-state index in [4.69, 9.17) is 9.47 Å². The number of pyridine rings is 1. The summed E-state index contributed by atoms with van der Waals surface area (Å²) in [4.78, 5) is 29.8. The molecule has 0 N–H and O–H groups in total. The fourth-order valence-electron chi connectivity index (χ4n) is 2.01. The molecule has 0 bridgehead atoms. The number of amides is 1. The molecule has 24 heavy (non-hydrogen) atoms. The van der Waals surface area contributed by atoms with Crippen LogP contribution in [0.15, 0.2) is 29.1 Å². The standard InChI is InChI=1S/C16H20BrN3O4/c1-5-23-14(21)10-19(15(22)24-16(2,3)4)11-6-7-13-18-8-12(17)20(13)9-11/h6-9H,5,10H2,1-4H3. The molecule has 0 spiro atoms. The maximum Gasteiger partial charge on any atom is 0.415 e. The van der Waals surface area contributed by atoms with Gasteiger partial charge in [-0.15, -0.1) is 0 Å². The molecule has 0 atom stereocenters. The number of anilines is 1. The number of carbonyl (C=O) groups excluding carboxylic acids is 2. The van der Waals surface area contributed by atoms with E-state index in [0.717, 1.165) is 4.60 Å². The van der Waals surface area contributed by atoms with Gasteiger partial charge in [0.15, 0.2) is 0 Å². The van der Waals surface area contributed by atoms with Crippen molar-refractivity contribution in [3.05, 3.63) is 29.1 Å². The fourth-order valence-corrected chi connectivity index (χ4v) is 2.40. The first-order valence-corrected chi connectivity index (χ1v) is 8.29. The van der Waals surface area contributed by atoms with E-state index >= 15 is 0 Å². The maximum atomic E-state index is 12.5. The molecule has 8 heteroatoms. The Morgan fingerprint density at radius 3 is 2.67 bits per heavy atom. The monoisotopic (exact) mass is 397 g/mol. The van der Waals surface area contributed by atoms with E-state index in [1.165, 1.54) is 4.90 Å². The lowest BCUT2D eigenvalue weighted by Gasteiger charge is -2.26. The molecule has 0 saturated carbocycles. The highest BCUT2D eigenvalue weighted by atomic mass is 79.9. The number of fused-ring (bicyclic) bond motifs is 1. The molecule has 0 aliphatic heterocycles. The quantitative estimate of drug-likeness (QED) is 0.739. The number of ether oxygens (including phenoxy) is 2. The van der Waals surface area contributed by atoms with Crippen molar-refractivity contribution in [3.63, 3.8) is 0 Å². The van der Waals surface area contributed by atoms with Crippen molar-refractivity contribution in [1.82, 2.24) is 9.38 Å². The van der Waals surface area contributed by atoms with E-state index in [9.17, 15) is 9.59 Å². The number of imidazole rings is 1. The van der Waals surface area contributed by atoms with E-state index in [1.54, 1.807) is 56.6 Å². The van der Waals surface area contributed by atoms with E-state index < -0.39 is 17.7 Å². The normalized spacial score (nSPS) is 11.4. The Kier molecular flexibility index (Phi) is 5.48. The van der Waals surface area contributed by atoms with Gasteiger partial charge in [-0.1, -0.05) is 0 Å². The topological polar surface area (TPSA) is 73.1 Å². The van der Waals surface area contributed by atoms with E-state index in [-0.39, 0.29) is 13.2 Å². The van der Waals surface area contributed by atoms with Crippen molar-refractivity contribution >= 4 is 39.3 Å². The Morgan fingerprint density at radius 1 is 1.33 bits per heavy atom. The van der Waals surface area contributed by atoms with Crippen LogP contribution in [0, 0.1) is 0 Å². The van der Waals surface area contributed by atoms with Crippen molar-refractivity contribution in [3.8, 4) is 0 Å². The van der Waals surface area contributed by atoms with Gasteiger partial charge in [0, 0.05) is 6.20 Å². The molecule has 0 unspecified atom stereocenters. The predicted molar refractivity (Wildman–Crippen MR) is 93.1 cm³/mol. The van der Waals surface area contributed by atoms with Gasteiger partial charge in [0.05, 0.1) is 18.5 Å². The van der Waals surface area contributed by atoms with Crippen molar-refractivity contribution in [2.24, 2.45) is 0 Å².